The van der Waals surface area contributed by atoms with Gasteiger partial charge in [0.1, 0.15) is 12.1 Å². The van der Waals surface area contributed by atoms with Crippen molar-refractivity contribution < 1.29 is 19.2 Å². The van der Waals surface area contributed by atoms with Gasteiger partial charge in [0.05, 0.1) is 6.04 Å². The second kappa shape index (κ2) is 10.7. The first-order valence-corrected chi connectivity index (χ1v) is 12.2. The minimum absolute atomic E-state index is 0.291. The Hall–Kier alpha value is -3.01. The zero-order valence-electron chi connectivity index (χ0n) is 19.2. The highest BCUT2D eigenvalue weighted by molar-refractivity contribution is 7.98. The van der Waals surface area contributed by atoms with Gasteiger partial charge in [-0.25, -0.2) is 4.79 Å². The normalized spacial score (nSPS) is 22.1. The number of thioether (sulfide) groups is 1. The third-order valence-corrected chi connectivity index (χ3v) is 6.58. The van der Waals surface area contributed by atoms with Crippen molar-refractivity contribution in [3.05, 3.63) is 35.9 Å². The molecule has 2 aliphatic heterocycles. The Bertz CT molecular complexity index is 962. The summed E-state index contributed by atoms with van der Waals surface area (Å²) >= 11 is 1.56. The number of likely N-dealkylation sites (tertiary alicyclic amines) is 2. The van der Waals surface area contributed by atoms with Crippen molar-refractivity contribution in [2.45, 2.75) is 56.1 Å². The molecule has 9 nitrogen and oxygen atoms in total. The van der Waals surface area contributed by atoms with Gasteiger partial charge in [-0.2, -0.15) is 0 Å². The Kier molecular flexibility index (Phi) is 8.01. The second-order valence-corrected chi connectivity index (χ2v) is 9.40. The maximum atomic E-state index is 13.5. The number of benzene rings is 1. The molecular weight excluding hydrogens is 442 g/mol. The Morgan fingerprint density at radius 3 is 2.55 bits per heavy atom. The van der Waals surface area contributed by atoms with Crippen LogP contribution in [0.15, 0.2) is 40.8 Å². The van der Waals surface area contributed by atoms with E-state index in [0.717, 1.165) is 10.5 Å². The number of carbonyl (C=O) groups is 4. The Morgan fingerprint density at radius 2 is 1.88 bits per heavy atom. The fraction of sp³-hybridized carbons (Fsp3) is 0.478. The van der Waals surface area contributed by atoms with Crippen LogP contribution in [0.4, 0.5) is 10.5 Å². The monoisotopic (exact) mass is 473 g/mol. The van der Waals surface area contributed by atoms with Gasteiger partial charge in [0, 0.05) is 29.7 Å². The average Bonchev–Trinajstić information content (AvgIpc) is 3.40. The van der Waals surface area contributed by atoms with Crippen molar-refractivity contribution in [1.29, 1.82) is 0 Å². The lowest BCUT2D eigenvalue weighted by Crippen LogP contribution is -2.58. The van der Waals surface area contributed by atoms with Crippen LogP contribution in [-0.4, -0.2) is 71.0 Å². The lowest BCUT2D eigenvalue weighted by Gasteiger charge is -2.32. The molecule has 1 aromatic rings. The zero-order chi connectivity index (χ0) is 24.1. The lowest BCUT2D eigenvalue weighted by molar-refractivity contribution is -0.145. The molecule has 178 valence electrons. The predicted octanol–water partition coefficient (Wildman–Crippen LogP) is 1.94. The van der Waals surface area contributed by atoms with Crippen LogP contribution in [0.5, 0.6) is 0 Å². The van der Waals surface area contributed by atoms with E-state index in [1.165, 1.54) is 15.9 Å². The average molecular weight is 474 g/mol. The standard InChI is InChI=1S/C23H31N5O4S/c1-14(2)12-19(29)28-11-9-17(20(28)22(31)27-10-5-8-18(27)21(24)30)26-23(32)25-15-6-4-7-16(13-15)33-3/h4,6-7,12-13,17-18,20H,5,8-11H2,1-3H3,(H2,24,30)(H2,25,26,32). The van der Waals surface area contributed by atoms with Gasteiger partial charge in [0.25, 0.3) is 0 Å². The number of allylic oxidation sites excluding steroid dienone is 1. The Labute approximate surface area is 198 Å². The second-order valence-electron chi connectivity index (χ2n) is 8.52. The minimum atomic E-state index is -0.906. The number of primary amides is 1. The number of hydrogen-bond acceptors (Lipinski definition) is 5. The molecule has 0 bridgehead atoms. The van der Waals surface area contributed by atoms with Gasteiger partial charge < -0.3 is 26.2 Å². The fourth-order valence-electron chi connectivity index (χ4n) is 4.36. The van der Waals surface area contributed by atoms with Crippen molar-refractivity contribution in [3.8, 4) is 0 Å². The van der Waals surface area contributed by atoms with Crippen molar-refractivity contribution >= 4 is 41.2 Å². The van der Waals surface area contributed by atoms with E-state index in [1.54, 1.807) is 31.7 Å². The number of nitrogens with zero attached hydrogens (tertiary/aromatic N) is 2. The SMILES string of the molecule is CSc1cccc(NC(=O)NC2CCN(C(=O)C=C(C)C)C2C(=O)N2CCCC2C(N)=O)c1. The van der Waals surface area contributed by atoms with Crippen LogP contribution >= 0.6 is 11.8 Å². The minimum Gasteiger partial charge on any atom is -0.368 e. The van der Waals surface area contributed by atoms with E-state index in [9.17, 15) is 19.2 Å². The maximum Gasteiger partial charge on any atom is 0.319 e. The van der Waals surface area contributed by atoms with Crippen LogP contribution in [0.1, 0.15) is 33.1 Å². The van der Waals surface area contributed by atoms with E-state index in [0.29, 0.717) is 38.0 Å². The number of amides is 5. The van der Waals surface area contributed by atoms with Crippen LogP contribution in [0.3, 0.4) is 0 Å². The molecule has 1 aromatic carbocycles. The molecule has 3 atom stereocenters. The van der Waals surface area contributed by atoms with Crippen molar-refractivity contribution in [1.82, 2.24) is 15.1 Å². The number of rotatable bonds is 6. The van der Waals surface area contributed by atoms with E-state index < -0.39 is 30.1 Å². The maximum absolute atomic E-state index is 13.5. The van der Waals surface area contributed by atoms with Gasteiger partial charge in [-0.15, -0.1) is 11.8 Å². The van der Waals surface area contributed by atoms with Gasteiger partial charge in [-0.3, -0.25) is 14.4 Å². The predicted molar refractivity (Wildman–Crippen MR) is 128 cm³/mol. The number of hydrogen-bond donors (Lipinski definition) is 3. The van der Waals surface area contributed by atoms with Crippen molar-refractivity contribution in [3.63, 3.8) is 0 Å². The molecule has 33 heavy (non-hydrogen) atoms. The topological polar surface area (TPSA) is 125 Å². The molecule has 0 radical (unpaired) electrons. The van der Waals surface area contributed by atoms with Gasteiger partial charge in [0.2, 0.25) is 17.7 Å². The highest BCUT2D eigenvalue weighted by Crippen LogP contribution is 2.26. The number of nitrogens with one attached hydrogen (secondary N) is 2. The van der Waals surface area contributed by atoms with Crippen LogP contribution in [0, 0.1) is 0 Å². The summed E-state index contributed by atoms with van der Waals surface area (Å²) in [7, 11) is 0. The van der Waals surface area contributed by atoms with Crippen LogP contribution < -0.4 is 16.4 Å². The summed E-state index contributed by atoms with van der Waals surface area (Å²) in [6.45, 7) is 4.33. The smallest absolute Gasteiger partial charge is 0.319 e. The third-order valence-electron chi connectivity index (χ3n) is 5.85. The number of nitrogens with two attached hydrogens (primary N) is 1. The zero-order valence-corrected chi connectivity index (χ0v) is 20.0. The number of anilines is 1. The molecule has 4 N–H and O–H groups in total. The summed E-state index contributed by atoms with van der Waals surface area (Å²) in [4.78, 5) is 54.9. The van der Waals surface area contributed by atoms with Gasteiger partial charge in [-0.05, 0) is 57.6 Å². The Morgan fingerprint density at radius 1 is 1.12 bits per heavy atom. The molecule has 10 heteroatoms. The van der Waals surface area contributed by atoms with E-state index in [4.69, 9.17) is 5.73 Å². The highest BCUT2D eigenvalue weighted by Gasteiger charge is 2.46. The summed E-state index contributed by atoms with van der Waals surface area (Å²) in [6.07, 6.45) is 5.01. The summed E-state index contributed by atoms with van der Waals surface area (Å²) in [5, 5.41) is 5.66. The molecule has 0 spiro atoms. The molecule has 3 unspecified atom stereocenters. The molecule has 0 saturated carbocycles. The summed E-state index contributed by atoms with van der Waals surface area (Å²) in [5.41, 5.74) is 6.95. The first-order chi connectivity index (χ1) is 15.7. The summed E-state index contributed by atoms with van der Waals surface area (Å²) in [6, 6.07) is 4.78. The first kappa shape index (κ1) is 24.6. The van der Waals surface area contributed by atoms with Crippen LogP contribution in [0.2, 0.25) is 0 Å². The van der Waals surface area contributed by atoms with Crippen molar-refractivity contribution in [2.24, 2.45) is 5.73 Å². The molecule has 2 saturated heterocycles. The van der Waals surface area contributed by atoms with Crippen LogP contribution in [-0.2, 0) is 14.4 Å². The van der Waals surface area contributed by atoms with Crippen LogP contribution in [0.25, 0.3) is 0 Å². The fourth-order valence-corrected chi connectivity index (χ4v) is 4.82. The molecule has 0 aromatic heterocycles. The first-order valence-electron chi connectivity index (χ1n) is 11.0. The molecule has 5 amide bonds. The van der Waals surface area contributed by atoms with E-state index in [2.05, 4.69) is 10.6 Å². The molecule has 2 heterocycles. The molecule has 2 fully saturated rings. The van der Waals surface area contributed by atoms with Gasteiger partial charge in [0.15, 0.2) is 0 Å². The van der Waals surface area contributed by atoms with E-state index in [-0.39, 0.29) is 11.8 Å². The largest absolute Gasteiger partial charge is 0.368 e. The molecule has 0 aliphatic carbocycles. The molecule has 2 aliphatic rings. The van der Waals surface area contributed by atoms with Gasteiger partial charge in [-0.1, -0.05) is 11.6 Å². The quantitative estimate of drug-likeness (QED) is 0.430. The summed E-state index contributed by atoms with van der Waals surface area (Å²) < 4.78 is 0. The third kappa shape index (κ3) is 5.87. The lowest BCUT2D eigenvalue weighted by atomic mass is 10.1. The number of carbonyl (C=O) groups excluding carboxylic acids is 4. The highest BCUT2D eigenvalue weighted by atomic mass is 32.2. The Balaban J connectivity index is 1.80. The molecular formula is C23H31N5O4S. The van der Waals surface area contributed by atoms with E-state index >= 15 is 0 Å². The summed E-state index contributed by atoms with van der Waals surface area (Å²) in [5.74, 6) is -1.21. The van der Waals surface area contributed by atoms with E-state index in [1.807, 2.05) is 24.5 Å². The van der Waals surface area contributed by atoms with Crippen molar-refractivity contribution in [2.75, 3.05) is 24.7 Å². The van der Waals surface area contributed by atoms with Gasteiger partial charge >= 0.3 is 6.03 Å². The number of urea groups is 1. The molecule has 3 rings (SSSR count).